The van der Waals surface area contributed by atoms with Crippen LogP contribution in [0.2, 0.25) is 0 Å². The molecule has 1 fully saturated rings. The van der Waals surface area contributed by atoms with Gasteiger partial charge in [0.1, 0.15) is 12.1 Å². The summed E-state index contributed by atoms with van der Waals surface area (Å²) < 4.78 is 5.44. The van der Waals surface area contributed by atoms with Gasteiger partial charge >= 0.3 is 0 Å². The van der Waals surface area contributed by atoms with Crippen LogP contribution >= 0.6 is 11.8 Å². The van der Waals surface area contributed by atoms with Gasteiger partial charge in [-0.3, -0.25) is 4.79 Å². The Balaban J connectivity index is 1.85. The van der Waals surface area contributed by atoms with Crippen LogP contribution in [0.5, 0.6) is 0 Å². The maximum absolute atomic E-state index is 12.9. The predicted molar refractivity (Wildman–Crippen MR) is 105 cm³/mol. The zero-order valence-electron chi connectivity index (χ0n) is 14.9. The Morgan fingerprint density at radius 3 is 2.69 bits per heavy atom. The highest BCUT2D eigenvalue weighted by Crippen LogP contribution is 2.26. The number of aromatic nitrogens is 2. The maximum atomic E-state index is 12.9. The molecule has 0 saturated carbocycles. The fraction of sp³-hybridized carbons (Fsp3) is 0.350. The van der Waals surface area contributed by atoms with Crippen LogP contribution in [0.1, 0.15) is 25.3 Å². The van der Waals surface area contributed by atoms with E-state index in [1.165, 1.54) is 11.2 Å². The van der Waals surface area contributed by atoms with Crippen molar-refractivity contribution in [3.05, 3.63) is 54.5 Å². The zero-order chi connectivity index (χ0) is 18.2. The molecule has 1 aromatic carbocycles. The monoisotopic (exact) mass is 369 g/mol. The molecule has 0 unspecified atom stereocenters. The molecule has 1 aliphatic rings. The molecule has 136 valence electrons. The van der Waals surface area contributed by atoms with Gasteiger partial charge in [-0.05, 0) is 48.3 Å². The first kappa shape index (κ1) is 18.6. The van der Waals surface area contributed by atoms with Crippen molar-refractivity contribution in [3.8, 4) is 0 Å². The molecule has 0 atom stereocenters. The van der Waals surface area contributed by atoms with Crippen LogP contribution in [0.4, 0.5) is 5.82 Å². The number of thioether (sulfide) groups is 1. The van der Waals surface area contributed by atoms with Crippen LogP contribution in [0, 0.1) is 5.92 Å². The summed E-state index contributed by atoms with van der Waals surface area (Å²) in [6, 6.07) is 9.86. The number of carbonyl (C=O) groups is 1. The largest absolute Gasteiger partial charge is 0.381 e. The Morgan fingerprint density at radius 1 is 1.27 bits per heavy atom. The molecule has 0 bridgehead atoms. The second-order valence-corrected chi connectivity index (χ2v) is 7.37. The van der Waals surface area contributed by atoms with E-state index in [1.807, 2.05) is 12.1 Å². The normalized spacial score (nSPS) is 15.7. The van der Waals surface area contributed by atoms with Gasteiger partial charge in [0.25, 0.3) is 5.91 Å². The second-order valence-electron chi connectivity index (χ2n) is 6.04. The molecule has 1 aliphatic heterocycles. The predicted octanol–water partition coefficient (Wildman–Crippen LogP) is 4.04. The van der Waals surface area contributed by atoms with Gasteiger partial charge < -0.3 is 10.1 Å². The number of nitrogens with zero attached hydrogens (tertiary/aromatic N) is 2. The quantitative estimate of drug-likeness (QED) is 0.615. The van der Waals surface area contributed by atoms with Gasteiger partial charge in [-0.1, -0.05) is 25.1 Å². The lowest BCUT2D eigenvalue weighted by molar-refractivity contribution is -0.111. The van der Waals surface area contributed by atoms with Crippen LogP contribution < -0.4 is 5.32 Å². The SMILES string of the molecule is CCSc1ccc(/C(=C\C2CCOCC2)C(=O)Nc2ccncn2)cc1. The first-order chi connectivity index (χ1) is 12.8. The van der Waals surface area contributed by atoms with Crippen molar-refractivity contribution in [1.29, 1.82) is 0 Å². The van der Waals surface area contributed by atoms with E-state index in [4.69, 9.17) is 4.74 Å². The number of anilines is 1. The molecule has 5 nitrogen and oxygen atoms in total. The van der Waals surface area contributed by atoms with E-state index in [9.17, 15) is 4.79 Å². The number of hydrogen-bond acceptors (Lipinski definition) is 5. The minimum absolute atomic E-state index is 0.147. The lowest BCUT2D eigenvalue weighted by atomic mass is 9.94. The molecule has 0 aliphatic carbocycles. The van der Waals surface area contributed by atoms with Gasteiger partial charge in [0.2, 0.25) is 0 Å². The van der Waals surface area contributed by atoms with Crippen molar-refractivity contribution in [2.24, 2.45) is 5.92 Å². The van der Waals surface area contributed by atoms with Crippen molar-refractivity contribution >= 4 is 29.1 Å². The van der Waals surface area contributed by atoms with Crippen molar-refractivity contribution in [3.63, 3.8) is 0 Å². The average molecular weight is 369 g/mol. The van der Waals surface area contributed by atoms with E-state index in [1.54, 1.807) is 24.0 Å². The fourth-order valence-corrected chi connectivity index (χ4v) is 3.53. The van der Waals surface area contributed by atoms with Gasteiger partial charge in [-0.25, -0.2) is 9.97 Å². The Morgan fingerprint density at radius 2 is 2.04 bits per heavy atom. The molecule has 2 aromatic rings. The van der Waals surface area contributed by atoms with Gasteiger partial charge in [-0.15, -0.1) is 11.8 Å². The van der Waals surface area contributed by atoms with Gasteiger partial charge in [0.15, 0.2) is 0 Å². The number of hydrogen-bond donors (Lipinski definition) is 1. The Kier molecular flexibility index (Phi) is 6.80. The Hall–Kier alpha value is -2.18. The standard InChI is InChI=1S/C20H23N3O2S/c1-2-26-17-5-3-16(4-6-17)18(13-15-8-11-25-12-9-15)20(24)23-19-7-10-21-14-22-19/h3-7,10,13-15H,2,8-9,11-12H2,1H3,(H,21,22,23,24)/b18-13+. The molecule has 0 radical (unpaired) electrons. The minimum Gasteiger partial charge on any atom is -0.381 e. The molecule has 1 saturated heterocycles. The third-order valence-electron chi connectivity index (χ3n) is 4.21. The molecule has 1 amide bonds. The van der Waals surface area contributed by atoms with Crippen LogP contribution in [-0.2, 0) is 9.53 Å². The number of amides is 1. The second kappa shape index (κ2) is 9.50. The zero-order valence-corrected chi connectivity index (χ0v) is 15.7. The summed E-state index contributed by atoms with van der Waals surface area (Å²) in [7, 11) is 0. The number of nitrogens with one attached hydrogen (secondary N) is 1. The van der Waals surface area contributed by atoms with E-state index >= 15 is 0 Å². The highest BCUT2D eigenvalue weighted by Gasteiger charge is 2.18. The smallest absolute Gasteiger partial charge is 0.257 e. The molecule has 26 heavy (non-hydrogen) atoms. The minimum atomic E-state index is -0.147. The first-order valence-corrected chi connectivity index (χ1v) is 9.85. The maximum Gasteiger partial charge on any atom is 0.257 e. The van der Waals surface area contributed by atoms with Gasteiger partial charge in [0.05, 0.1) is 0 Å². The molecule has 3 rings (SSSR count). The lowest BCUT2D eigenvalue weighted by Gasteiger charge is -2.20. The summed E-state index contributed by atoms with van der Waals surface area (Å²) >= 11 is 1.79. The number of ether oxygens (including phenoxy) is 1. The summed E-state index contributed by atoms with van der Waals surface area (Å²) in [6.45, 7) is 3.62. The van der Waals surface area contributed by atoms with Crippen molar-refractivity contribution in [2.75, 3.05) is 24.3 Å². The summed E-state index contributed by atoms with van der Waals surface area (Å²) in [4.78, 5) is 22.1. The van der Waals surface area contributed by atoms with E-state index in [0.717, 1.165) is 37.4 Å². The average Bonchev–Trinajstić information content (AvgIpc) is 2.69. The summed E-state index contributed by atoms with van der Waals surface area (Å²) in [6.07, 6.45) is 7.00. The van der Waals surface area contributed by atoms with E-state index in [0.29, 0.717) is 17.3 Å². The van der Waals surface area contributed by atoms with E-state index in [2.05, 4.69) is 40.4 Å². The van der Waals surface area contributed by atoms with Gasteiger partial charge in [0, 0.05) is 29.9 Å². The fourth-order valence-electron chi connectivity index (χ4n) is 2.87. The molecular weight excluding hydrogens is 346 g/mol. The highest BCUT2D eigenvalue weighted by molar-refractivity contribution is 7.99. The van der Waals surface area contributed by atoms with Gasteiger partial charge in [-0.2, -0.15) is 0 Å². The summed E-state index contributed by atoms with van der Waals surface area (Å²) in [5.41, 5.74) is 1.60. The first-order valence-electron chi connectivity index (χ1n) is 8.86. The number of allylic oxidation sites excluding steroid dienone is 1. The van der Waals surface area contributed by atoms with Crippen LogP contribution in [0.25, 0.3) is 5.57 Å². The molecular formula is C20H23N3O2S. The summed E-state index contributed by atoms with van der Waals surface area (Å²) in [5.74, 6) is 1.73. The number of rotatable bonds is 6. The van der Waals surface area contributed by atoms with E-state index < -0.39 is 0 Å². The topological polar surface area (TPSA) is 64.1 Å². The van der Waals surface area contributed by atoms with Crippen LogP contribution in [0.3, 0.4) is 0 Å². The van der Waals surface area contributed by atoms with Crippen molar-refractivity contribution < 1.29 is 9.53 Å². The van der Waals surface area contributed by atoms with Crippen LogP contribution in [-0.4, -0.2) is 34.8 Å². The van der Waals surface area contributed by atoms with E-state index in [-0.39, 0.29) is 5.91 Å². The molecule has 1 aromatic heterocycles. The number of carbonyl (C=O) groups excluding carboxylic acids is 1. The third-order valence-corrected chi connectivity index (χ3v) is 5.11. The molecule has 1 N–H and O–H groups in total. The Bertz CT molecular complexity index is 741. The number of benzene rings is 1. The summed E-state index contributed by atoms with van der Waals surface area (Å²) in [5, 5.41) is 2.88. The third kappa shape index (κ3) is 5.16. The van der Waals surface area contributed by atoms with Crippen molar-refractivity contribution in [1.82, 2.24) is 9.97 Å². The lowest BCUT2D eigenvalue weighted by Crippen LogP contribution is -2.18. The van der Waals surface area contributed by atoms with Crippen LogP contribution in [0.15, 0.2) is 53.8 Å². The molecule has 2 heterocycles. The van der Waals surface area contributed by atoms with Crippen molar-refractivity contribution in [2.45, 2.75) is 24.7 Å². The Labute approximate surface area is 158 Å². The highest BCUT2D eigenvalue weighted by atomic mass is 32.2. The molecule has 0 spiro atoms. The molecule has 6 heteroatoms.